The Labute approximate surface area is 70.4 Å². The molecule has 1 N–H and O–H groups in total. The quantitative estimate of drug-likeness (QED) is 0.698. The minimum absolute atomic E-state index is 0.869. The van der Waals surface area contributed by atoms with Crippen molar-refractivity contribution in [2.45, 2.75) is 6.92 Å². The molecule has 0 bridgehead atoms. The van der Waals surface area contributed by atoms with Gasteiger partial charge in [-0.2, -0.15) is 0 Å². The summed E-state index contributed by atoms with van der Waals surface area (Å²) in [4.78, 5) is 4.08. The number of nitrogens with zero attached hydrogens (tertiary/aromatic N) is 1. The van der Waals surface area contributed by atoms with Crippen molar-refractivity contribution in [2.75, 3.05) is 12.4 Å². The predicted octanol–water partition coefficient (Wildman–Crippen LogP) is 2.18. The molecule has 1 aromatic carbocycles. The zero-order chi connectivity index (χ0) is 8.55. The number of rotatable bonds is 1. The lowest BCUT2D eigenvalue weighted by molar-refractivity contribution is 0.600. The minimum atomic E-state index is 0.869. The second-order valence-electron chi connectivity index (χ2n) is 2.74. The van der Waals surface area contributed by atoms with Crippen molar-refractivity contribution in [2.24, 2.45) is 0 Å². The molecule has 3 nitrogen and oxygen atoms in total. The Bertz CT molecular complexity index is 406. The SMILES string of the molecule is CNc1cc(C)c2ocnc2c1. The highest BCUT2D eigenvalue weighted by Crippen LogP contribution is 2.21. The number of fused-ring (bicyclic) bond motifs is 1. The van der Waals surface area contributed by atoms with Crippen LogP contribution in [0.2, 0.25) is 0 Å². The van der Waals surface area contributed by atoms with Crippen LogP contribution in [0.25, 0.3) is 11.1 Å². The fourth-order valence-electron chi connectivity index (χ4n) is 1.28. The average molecular weight is 162 g/mol. The fraction of sp³-hybridized carbons (Fsp3) is 0.222. The first-order valence-corrected chi connectivity index (χ1v) is 3.83. The maximum absolute atomic E-state index is 5.21. The molecule has 0 spiro atoms. The van der Waals surface area contributed by atoms with Gasteiger partial charge in [-0.05, 0) is 24.6 Å². The number of anilines is 1. The lowest BCUT2D eigenvalue weighted by atomic mass is 10.2. The van der Waals surface area contributed by atoms with Crippen LogP contribution in [0.15, 0.2) is 22.9 Å². The maximum atomic E-state index is 5.21. The molecule has 1 heterocycles. The van der Waals surface area contributed by atoms with Gasteiger partial charge < -0.3 is 9.73 Å². The second-order valence-corrected chi connectivity index (χ2v) is 2.74. The van der Waals surface area contributed by atoms with Gasteiger partial charge in [0.15, 0.2) is 12.0 Å². The van der Waals surface area contributed by atoms with Gasteiger partial charge in [0.25, 0.3) is 0 Å². The normalized spacial score (nSPS) is 10.5. The van der Waals surface area contributed by atoms with Gasteiger partial charge in [-0.25, -0.2) is 4.98 Å². The molecule has 0 saturated carbocycles. The van der Waals surface area contributed by atoms with Gasteiger partial charge in [-0.15, -0.1) is 0 Å². The van der Waals surface area contributed by atoms with E-state index >= 15 is 0 Å². The van der Waals surface area contributed by atoms with E-state index in [9.17, 15) is 0 Å². The molecule has 1 aromatic heterocycles. The van der Waals surface area contributed by atoms with Gasteiger partial charge in [0.2, 0.25) is 0 Å². The first-order chi connectivity index (χ1) is 5.81. The summed E-state index contributed by atoms with van der Waals surface area (Å²) in [6.45, 7) is 2.01. The van der Waals surface area contributed by atoms with Crippen molar-refractivity contribution in [1.82, 2.24) is 4.98 Å². The molecule has 3 heteroatoms. The monoisotopic (exact) mass is 162 g/mol. The number of aryl methyl sites for hydroxylation is 1. The van der Waals surface area contributed by atoms with Crippen LogP contribution in [-0.4, -0.2) is 12.0 Å². The van der Waals surface area contributed by atoms with E-state index in [0.717, 1.165) is 22.4 Å². The molecule has 0 amide bonds. The topological polar surface area (TPSA) is 38.1 Å². The number of hydrogen-bond acceptors (Lipinski definition) is 3. The Morgan fingerprint density at radius 3 is 3.00 bits per heavy atom. The predicted molar refractivity (Wildman–Crippen MR) is 48.3 cm³/mol. The Hall–Kier alpha value is -1.51. The van der Waals surface area contributed by atoms with E-state index in [0.29, 0.717) is 0 Å². The lowest BCUT2D eigenvalue weighted by Crippen LogP contribution is -1.88. The number of aromatic nitrogens is 1. The summed E-state index contributed by atoms with van der Waals surface area (Å²) >= 11 is 0. The summed E-state index contributed by atoms with van der Waals surface area (Å²) in [5, 5.41) is 3.07. The number of nitrogens with one attached hydrogen (secondary N) is 1. The summed E-state index contributed by atoms with van der Waals surface area (Å²) in [6.07, 6.45) is 1.47. The first kappa shape index (κ1) is 7.16. The van der Waals surface area contributed by atoms with Crippen molar-refractivity contribution in [3.05, 3.63) is 24.1 Å². The van der Waals surface area contributed by atoms with E-state index in [1.54, 1.807) is 0 Å². The summed E-state index contributed by atoms with van der Waals surface area (Å²) in [5.41, 5.74) is 3.94. The van der Waals surface area contributed by atoms with Gasteiger partial charge in [0, 0.05) is 12.7 Å². The Balaban J connectivity index is 2.75. The van der Waals surface area contributed by atoms with E-state index in [-0.39, 0.29) is 0 Å². The molecule has 62 valence electrons. The fourth-order valence-corrected chi connectivity index (χ4v) is 1.28. The summed E-state index contributed by atoms with van der Waals surface area (Å²) in [6, 6.07) is 4.00. The van der Waals surface area contributed by atoms with E-state index in [1.807, 2.05) is 26.1 Å². The highest BCUT2D eigenvalue weighted by Gasteiger charge is 2.02. The van der Waals surface area contributed by atoms with Crippen LogP contribution in [0, 0.1) is 6.92 Å². The van der Waals surface area contributed by atoms with Gasteiger partial charge >= 0.3 is 0 Å². The summed E-state index contributed by atoms with van der Waals surface area (Å²) < 4.78 is 5.21. The molecule has 0 atom stereocenters. The Morgan fingerprint density at radius 2 is 2.25 bits per heavy atom. The van der Waals surface area contributed by atoms with Crippen LogP contribution in [0.1, 0.15) is 5.56 Å². The largest absolute Gasteiger partial charge is 0.443 e. The molecule has 0 fully saturated rings. The molecular formula is C9H10N2O. The molecule has 0 saturated heterocycles. The second kappa shape index (κ2) is 2.52. The van der Waals surface area contributed by atoms with Crippen molar-refractivity contribution in [3.63, 3.8) is 0 Å². The summed E-state index contributed by atoms with van der Waals surface area (Å²) in [5.74, 6) is 0. The zero-order valence-corrected chi connectivity index (χ0v) is 7.09. The molecular weight excluding hydrogens is 152 g/mol. The molecule has 0 unspecified atom stereocenters. The number of benzene rings is 1. The van der Waals surface area contributed by atoms with Crippen LogP contribution in [0.3, 0.4) is 0 Å². The molecule has 0 aliphatic carbocycles. The zero-order valence-electron chi connectivity index (χ0n) is 7.09. The van der Waals surface area contributed by atoms with Gasteiger partial charge in [0.05, 0.1) is 0 Å². The van der Waals surface area contributed by atoms with Crippen LogP contribution in [0.4, 0.5) is 5.69 Å². The molecule has 2 aromatic rings. The van der Waals surface area contributed by atoms with E-state index in [1.165, 1.54) is 6.39 Å². The van der Waals surface area contributed by atoms with Crippen LogP contribution >= 0.6 is 0 Å². The number of oxazole rings is 1. The third-order valence-electron chi connectivity index (χ3n) is 1.91. The first-order valence-electron chi connectivity index (χ1n) is 3.83. The van der Waals surface area contributed by atoms with Crippen LogP contribution in [-0.2, 0) is 0 Å². The molecule has 0 aliphatic rings. The third kappa shape index (κ3) is 0.942. The van der Waals surface area contributed by atoms with E-state index < -0.39 is 0 Å². The Morgan fingerprint density at radius 1 is 1.42 bits per heavy atom. The lowest BCUT2D eigenvalue weighted by Gasteiger charge is -2.00. The Kier molecular flexibility index (Phi) is 1.50. The summed E-state index contributed by atoms with van der Waals surface area (Å²) in [7, 11) is 1.89. The molecule has 0 radical (unpaired) electrons. The molecule has 0 aliphatic heterocycles. The average Bonchev–Trinajstić information content (AvgIpc) is 2.52. The van der Waals surface area contributed by atoms with Crippen LogP contribution in [0.5, 0.6) is 0 Å². The van der Waals surface area contributed by atoms with Crippen LogP contribution < -0.4 is 5.32 Å². The van der Waals surface area contributed by atoms with Crippen molar-refractivity contribution >= 4 is 16.8 Å². The highest BCUT2D eigenvalue weighted by molar-refractivity contribution is 5.80. The van der Waals surface area contributed by atoms with E-state index in [4.69, 9.17) is 4.42 Å². The van der Waals surface area contributed by atoms with Crippen molar-refractivity contribution < 1.29 is 4.42 Å². The highest BCUT2D eigenvalue weighted by atomic mass is 16.3. The van der Waals surface area contributed by atoms with Crippen molar-refractivity contribution in [3.8, 4) is 0 Å². The van der Waals surface area contributed by atoms with Gasteiger partial charge in [-0.3, -0.25) is 0 Å². The minimum Gasteiger partial charge on any atom is -0.443 e. The van der Waals surface area contributed by atoms with Gasteiger partial charge in [-0.1, -0.05) is 0 Å². The third-order valence-corrected chi connectivity index (χ3v) is 1.91. The van der Waals surface area contributed by atoms with Gasteiger partial charge in [0.1, 0.15) is 5.52 Å². The molecule has 12 heavy (non-hydrogen) atoms. The van der Waals surface area contributed by atoms with Crippen molar-refractivity contribution in [1.29, 1.82) is 0 Å². The maximum Gasteiger partial charge on any atom is 0.181 e. The smallest absolute Gasteiger partial charge is 0.181 e. The molecule has 2 rings (SSSR count). The standard InChI is InChI=1S/C9H10N2O/c1-6-3-7(10-2)4-8-9(6)12-5-11-8/h3-5,10H,1-2H3. The van der Waals surface area contributed by atoms with E-state index in [2.05, 4.69) is 10.3 Å². The number of hydrogen-bond donors (Lipinski definition) is 1.